The normalized spacial score (nSPS) is 11.5. The maximum Gasteiger partial charge on any atom is 0.287 e. The summed E-state index contributed by atoms with van der Waals surface area (Å²) < 4.78 is 41.7. The number of sulfone groups is 1. The summed E-state index contributed by atoms with van der Waals surface area (Å²) >= 11 is 0. The molecule has 11 heteroatoms. The van der Waals surface area contributed by atoms with Crippen LogP contribution in [0, 0.1) is 5.82 Å². The Morgan fingerprint density at radius 1 is 1.14 bits per heavy atom. The van der Waals surface area contributed by atoms with E-state index in [0.717, 1.165) is 6.26 Å². The first kappa shape index (κ1) is 24.9. The van der Waals surface area contributed by atoms with Gasteiger partial charge < -0.3 is 20.4 Å². The van der Waals surface area contributed by atoms with E-state index in [1.165, 1.54) is 24.5 Å². The maximum atomic E-state index is 13.6. The molecule has 0 spiro atoms. The molecule has 0 saturated carbocycles. The molecule has 1 amide bonds. The van der Waals surface area contributed by atoms with Crippen LogP contribution in [0.3, 0.4) is 0 Å². The topological polar surface area (TPSA) is 113 Å². The molecular weight excluding hydrogens is 514 g/mol. The van der Waals surface area contributed by atoms with Gasteiger partial charge in [0.15, 0.2) is 21.6 Å². The van der Waals surface area contributed by atoms with Crippen molar-refractivity contribution >= 4 is 45.7 Å². The average Bonchev–Trinajstić information content (AvgIpc) is 3.16. The first-order valence-electron chi connectivity index (χ1n) is 8.50. The number of carbonyl (C=O) groups is 1. The fourth-order valence-corrected chi connectivity index (χ4v) is 3.28. The Balaban J connectivity index is 0.00000420. The van der Waals surface area contributed by atoms with Crippen molar-refractivity contribution in [3.63, 3.8) is 0 Å². The summed E-state index contributed by atoms with van der Waals surface area (Å²) in [6, 6.07) is 7.19. The van der Waals surface area contributed by atoms with Crippen molar-refractivity contribution < 1.29 is 22.0 Å². The van der Waals surface area contributed by atoms with E-state index in [9.17, 15) is 17.6 Å². The first-order chi connectivity index (χ1) is 13.3. The predicted octanol–water partition coefficient (Wildman–Crippen LogP) is 1.68. The van der Waals surface area contributed by atoms with Gasteiger partial charge in [-0.15, -0.1) is 24.0 Å². The van der Waals surface area contributed by atoms with Crippen molar-refractivity contribution in [2.45, 2.75) is 12.3 Å². The summed E-state index contributed by atoms with van der Waals surface area (Å²) in [5, 5.41) is 8.69. The SMILES string of the molecule is CN=C(NCCNC(=O)c1ccco1)NCc1cc(F)ccc1CS(C)(=O)=O.I. The lowest BCUT2D eigenvalue weighted by Gasteiger charge is -2.14. The summed E-state index contributed by atoms with van der Waals surface area (Å²) in [5.74, 6) is -0.277. The van der Waals surface area contributed by atoms with Gasteiger partial charge in [0.05, 0.1) is 12.0 Å². The van der Waals surface area contributed by atoms with Gasteiger partial charge >= 0.3 is 0 Å². The van der Waals surface area contributed by atoms with Crippen LogP contribution in [-0.2, 0) is 22.1 Å². The largest absolute Gasteiger partial charge is 0.459 e. The highest BCUT2D eigenvalue weighted by Gasteiger charge is 2.11. The van der Waals surface area contributed by atoms with Gasteiger partial charge in [0, 0.05) is 32.9 Å². The number of guanidine groups is 1. The van der Waals surface area contributed by atoms with Crippen LogP contribution in [0.25, 0.3) is 0 Å². The molecular formula is C18H24FIN4O4S. The highest BCUT2D eigenvalue weighted by atomic mass is 127. The van der Waals surface area contributed by atoms with Gasteiger partial charge in [0.25, 0.3) is 5.91 Å². The number of nitrogens with one attached hydrogen (secondary N) is 3. The second-order valence-corrected chi connectivity index (χ2v) is 8.21. The molecule has 0 saturated heterocycles. The van der Waals surface area contributed by atoms with E-state index in [1.807, 2.05) is 0 Å². The van der Waals surface area contributed by atoms with E-state index in [1.54, 1.807) is 19.2 Å². The minimum Gasteiger partial charge on any atom is -0.459 e. The molecule has 0 fully saturated rings. The fourth-order valence-electron chi connectivity index (χ4n) is 2.43. The Labute approximate surface area is 186 Å². The molecule has 160 valence electrons. The number of benzene rings is 1. The van der Waals surface area contributed by atoms with E-state index in [-0.39, 0.29) is 47.9 Å². The highest BCUT2D eigenvalue weighted by Crippen LogP contribution is 2.14. The number of nitrogens with zero attached hydrogens (tertiary/aromatic N) is 1. The minimum absolute atomic E-state index is 0. The van der Waals surface area contributed by atoms with E-state index in [4.69, 9.17) is 4.42 Å². The molecule has 2 rings (SSSR count). The lowest BCUT2D eigenvalue weighted by molar-refractivity contribution is 0.0926. The van der Waals surface area contributed by atoms with Gasteiger partial charge in [-0.2, -0.15) is 0 Å². The molecule has 1 heterocycles. The molecule has 8 nitrogen and oxygen atoms in total. The molecule has 29 heavy (non-hydrogen) atoms. The third-order valence-corrected chi connectivity index (χ3v) is 4.54. The zero-order valence-electron chi connectivity index (χ0n) is 16.1. The van der Waals surface area contributed by atoms with Gasteiger partial charge in [-0.25, -0.2) is 12.8 Å². The number of halogens is 2. The second-order valence-electron chi connectivity index (χ2n) is 6.07. The third-order valence-electron chi connectivity index (χ3n) is 3.70. The van der Waals surface area contributed by atoms with Crippen LogP contribution in [0.15, 0.2) is 46.0 Å². The molecule has 0 unspecified atom stereocenters. The van der Waals surface area contributed by atoms with Crippen molar-refractivity contribution in [2.75, 3.05) is 26.4 Å². The van der Waals surface area contributed by atoms with E-state index in [0.29, 0.717) is 30.2 Å². The zero-order valence-corrected chi connectivity index (χ0v) is 19.2. The Morgan fingerprint density at radius 3 is 2.48 bits per heavy atom. The number of hydrogen-bond donors (Lipinski definition) is 3. The number of rotatable bonds is 8. The van der Waals surface area contributed by atoms with Crippen LogP contribution >= 0.6 is 24.0 Å². The summed E-state index contributed by atoms with van der Waals surface area (Å²) in [7, 11) is -1.68. The van der Waals surface area contributed by atoms with Crippen LogP contribution in [0.5, 0.6) is 0 Å². The van der Waals surface area contributed by atoms with E-state index >= 15 is 0 Å². The molecule has 2 aromatic rings. The Bertz CT molecular complexity index is 933. The number of hydrogen-bond acceptors (Lipinski definition) is 5. The van der Waals surface area contributed by atoms with Gasteiger partial charge in [-0.05, 0) is 35.4 Å². The van der Waals surface area contributed by atoms with E-state index < -0.39 is 15.7 Å². The molecule has 1 aromatic carbocycles. The molecule has 0 atom stereocenters. The van der Waals surface area contributed by atoms with Crippen LogP contribution in [0.4, 0.5) is 4.39 Å². The Morgan fingerprint density at radius 2 is 1.86 bits per heavy atom. The smallest absolute Gasteiger partial charge is 0.287 e. The molecule has 0 aliphatic heterocycles. The molecule has 0 radical (unpaired) electrons. The van der Waals surface area contributed by atoms with Crippen molar-refractivity contribution in [1.29, 1.82) is 0 Å². The monoisotopic (exact) mass is 538 g/mol. The van der Waals surface area contributed by atoms with Gasteiger partial charge in [0.1, 0.15) is 5.82 Å². The zero-order chi connectivity index (χ0) is 20.6. The fraction of sp³-hybridized carbons (Fsp3) is 0.333. The predicted molar refractivity (Wildman–Crippen MR) is 120 cm³/mol. The second kappa shape index (κ2) is 11.8. The minimum atomic E-state index is -3.25. The van der Waals surface area contributed by atoms with Crippen molar-refractivity contribution in [1.82, 2.24) is 16.0 Å². The highest BCUT2D eigenvalue weighted by molar-refractivity contribution is 14.0. The lowest BCUT2D eigenvalue weighted by Crippen LogP contribution is -2.41. The summed E-state index contributed by atoms with van der Waals surface area (Å²) in [6.07, 6.45) is 2.55. The van der Waals surface area contributed by atoms with Crippen molar-refractivity contribution in [2.24, 2.45) is 4.99 Å². The van der Waals surface area contributed by atoms with Crippen LogP contribution in [0.2, 0.25) is 0 Å². The molecule has 0 aliphatic carbocycles. The lowest BCUT2D eigenvalue weighted by atomic mass is 10.1. The van der Waals surface area contributed by atoms with Crippen molar-refractivity contribution in [3.8, 4) is 0 Å². The van der Waals surface area contributed by atoms with Gasteiger partial charge in [-0.3, -0.25) is 9.79 Å². The van der Waals surface area contributed by atoms with Crippen LogP contribution < -0.4 is 16.0 Å². The Hall–Kier alpha value is -2.15. The number of carbonyl (C=O) groups excluding carboxylic acids is 1. The Kier molecular flexibility index (Phi) is 10.1. The average molecular weight is 538 g/mol. The molecule has 0 aliphatic rings. The van der Waals surface area contributed by atoms with Crippen LogP contribution in [0.1, 0.15) is 21.7 Å². The molecule has 3 N–H and O–H groups in total. The van der Waals surface area contributed by atoms with E-state index in [2.05, 4.69) is 20.9 Å². The number of aliphatic imine (C=N–C) groups is 1. The van der Waals surface area contributed by atoms with Crippen LogP contribution in [-0.4, -0.2) is 46.7 Å². The molecule has 1 aromatic heterocycles. The van der Waals surface area contributed by atoms with Gasteiger partial charge in [0.2, 0.25) is 0 Å². The van der Waals surface area contributed by atoms with Crippen molar-refractivity contribution in [3.05, 3.63) is 59.3 Å². The first-order valence-corrected chi connectivity index (χ1v) is 10.6. The standard InChI is InChI=1S/C18H23FN4O4S.HI/c1-20-18(22-8-7-21-17(24)16-4-3-9-27-16)23-11-14-10-15(19)6-5-13(14)12-28(2,25)26;/h3-6,9-10H,7-8,11-12H2,1-2H3,(H,21,24)(H2,20,22,23);1H. The summed E-state index contributed by atoms with van der Waals surface area (Å²) in [4.78, 5) is 15.8. The quantitative estimate of drug-likeness (QED) is 0.204. The summed E-state index contributed by atoms with van der Waals surface area (Å²) in [5.41, 5.74) is 1.05. The maximum absolute atomic E-state index is 13.6. The number of amides is 1. The third kappa shape index (κ3) is 8.81. The van der Waals surface area contributed by atoms with Gasteiger partial charge in [-0.1, -0.05) is 6.07 Å². The molecule has 0 bridgehead atoms. The number of furan rings is 1. The summed E-state index contributed by atoms with van der Waals surface area (Å²) in [6.45, 7) is 0.923.